The van der Waals surface area contributed by atoms with E-state index < -0.39 is 0 Å². The summed E-state index contributed by atoms with van der Waals surface area (Å²) in [5.74, 6) is 2.81. The maximum Gasteiger partial charge on any atom is 0.196 e. The van der Waals surface area contributed by atoms with Gasteiger partial charge in [0, 0.05) is 33.0 Å². The minimum atomic E-state index is -0.251. The van der Waals surface area contributed by atoms with E-state index in [1.54, 1.807) is 0 Å². The molecule has 9 aromatic rings. The van der Waals surface area contributed by atoms with Gasteiger partial charge in [0.15, 0.2) is 29.5 Å². The molecule has 1 unspecified atom stereocenters. The highest BCUT2D eigenvalue weighted by Crippen LogP contribution is 2.49. The second-order valence-corrected chi connectivity index (χ2v) is 12.9. The van der Waals surface area contributed by atoms with Crippen molar-refractivity contribution >= 4 is 38.0 Å². The van der Waals surface area contributed by atoms with Gasteiger partial charge in [-0.25, -0.2) is 15.0 Å². The van der Waals surface area contributed by atoms with E-state index in [1.165, 1.54) is 16.2 Å². The van der Waals surface area contributed by atoms with Crippen molar-refractivity contribution in [3.8, 4) is 51.0 Å². The van der Waals surface area contributed by atoms with Crippen LogP contribution in [-0.2, 0) is 0 Å². The molecule has 10 rings (SSSR count). The molecule has 1 aliphatic heterocycles. The van der Waals surface area contributed by atoms with E-state index >= 15 is 0 Å². The third kappa shape index (κ3) is 5.15. The van der Waals surface area contributed by atoms with Gasteiger partial charge in [0.2, 0.25) is 0 Å². The van der Waals surface area contributed by atoms with E-state index in [0.717, 1.165) is 61.0 Å². The van der Waals surface area contributed by atoms with E-state index in [2.05, 4.69) is 127 Å². The number of aromatic nitrogens is 3. The van der Waals surface area contributed by atoms with Crippen LogP contribution in [-0.4, -0.2) is 15.0 Å². The molecule has 0 spiro atoms. The molecule has 0 saturated carbocycles. The number of rotatable bonds is 5. The molecule has 5 heteroatoms. The normalized spacial score (nSPS) is 13.6. The highest BCUT2D eigenvalue weighted by molar-refractivity contribution is 6.18. The van der Waals surface area contributed by atoms with Crippen LogP contribution in [0.5, 0.6) is 5.75 Å². The Morgan fingerprint density at radius 3 is 1.71 bits per heavy atom. The van der Waals surface area contributed by atoms with Crippen molar-refractivity contribution in [3.63, 3.8) is 0 Å². The fourth-order valence-electron chi connectivity index (χ4n) is 7.15. The Balaban J connectivity index is 1.05. The quantitative estimate of drug-likeness (QED) is 0.187. The van der Waals surface area contributed by atoms with Crippen molar-refractivity contribution in [2.24, 2.45) is 0 Å². The Labute approximate surface area is 294 Å². The number of anilines is 1. The first-order valence-electron chi connectivity index (χ1n) is 17.1. The van der Waals surface area contributed by atoms with Gasteiger partial charge in [-0.1, -0.05) is 158 Å². The molecule has 8 aromatic carbocycles. The lowest BCUT2D eigenvalue weighted by atomic mass is 9.95. The Bertz CT molecular complexity index is 2750. The van der Waals surface area contributed by atoms with Gasteiger partial charge >= 0.3 is 0 Å². The summed E-state index contributed by atoms with van der Waals surface area (Å²) in [5, 5.41) is 10.6. The average Bonchev–Trinajstić information content (AvgIpc) is 3.68. The van der Waals surface area contributed by atoms with Crippen molar-refractivity contribution in [2.75, 3.05) is 5.32 Å². The molecule has 0 amide bonds. The molecule has 51 heavy (non-hydrogen) atoms. The van der Waals surface area contributed by atoms with Gasteiger partial charge in [-0.05, 0) is 44.8 Å². The van der Waals surface area contributed by atoms with Crippen LogP contribution in [0.1, 0.15) is 11.8 Å². The maximum absolute atomic E-state index is 6.67. The molecule has 0 bridgehead atoms. The third-order valence-electron chi connectivity index (χ3n) is 9.74. The molecule has 0 radical (unpaired) electrons. The van der Waals surface area contributed by atoms with Crippen LogP contribution in [0, 0.1) is 0 Å². The molecule has 240 valence electrons. The van der Waals surface area contributed by atoms with Gasteiger partial charge in [-0.3, -0.25) is 0 Å². The number of benzene rings is 8. The Morgan fingerprint density at radius 2 is 0.941 bits per heavy atom. The second-order valence-electron chi connectivity index (χ2n) is 12.9. The molecule has 5 nitrogen and oxygen atoms in total. The first-order chi connectivity index (χ1) is 25.2. The van der Waals surface area contributed by atoms with E-state index in [4.69, 9.17) is 19.7 Å². The molecule has 2 heterocycles. The zero-order valence-corrected chi connectivity index (χ0v) is 27.5. The Kier molecular flexibility index (Phi) is 6.81. The molecule has 1 atom stereocenters. The SMILES string of the molecule is c1ccc(-c2nc(-c3ccc(-c4ccc5c(c4)c4c(c6ccccc65)NC(c5ccccc5)O4)cc3)nc(-c3ccc4ccccc4c3)n2)cc1. The van der Waals surface area contributed by atoms with Crippen molar-refractivity contribution in [3.05, 3.63) is 175 Å². The zero-order chi connectivity index (χ0) is 33.7. The Hall–Kier alpha value is -6.85. The lowest BCUT2D eigenvalue weighted by Crippen LogP contribution is -2.09. The molecule has 1 N–H and O–H groups in total. The van der Waals surface area contributed by atoms with Crippen LogP contribution >= 0.6 is 0 Å². The summed E-state index contributed by atoms with van der Waals surface area (Å²) < 4.78 is 6.67. The summed E-state index contributed by atoms with van der Waals surface area (Å²) in [4.78, 5) is 14.9. The highest BCUT2D eigenvalue weighted by Gasteiger charge is 2.28. The molecule has 0 fully saturated rings. The summed E-state index contributed by atoms with van der Waals surface area (Å²) in [5.41, 5.74) is 7.15. The van der Waals surface area contributed by atoms with Crippen molar-refractivity contribution in [2.45, 2.75) is 6.23 Å². The van der Waals surface area contributed by atoms with E-state index in [1.807, 2.05) is 48.5 Å². The van der Waals surface area contributed by atoms with Crippen LogP contribution in [0.4, 0.5) is 5.69 Å². The van der Waals surface area contributed by atoms with E-state index in [-0.39, 0.29) is 6.23 Å². The van der Waals surface area contributed by atoms with E-state index in [0.29, 0.717) is 17.5 Å². The topological polar surface area (TPSA) is 59.9 Å². The highest BCUT2D eigenvalue weighted by atomic mass is 16.5. The smallest absolute Gasteiger partial charge is 0.196 e. The average molecular weight is 655 g/mol. The first kappa shape index (κ1) is 29.1. The monoisotopic (exact) mass is 654 g/mol. The lowest BCUT2D eigenvalue weighted by molar-refractivity contribution is 0.262. The van der Waals surface area contributed by atoms with Crippen LogP contribution in [0.3, 0.4) is 0 Å². The number of hydrogen-bond acceptors (Lipinski definition) is 5. The summed E-state index contributed by atoms with van der Waals surface area (Å²) >= 11 is 0. The van der Waals surface area contributed by atoms with Crippen molar-refractivity contribution < 1.29 is 4.74 Å². The molecule has 0 aliphatic carbocycles. The molecule has 1 aliphatic rings. The largest absolute Gasteiger partial charge is 0.464 e. The van der Waals surface area contributed by atoms with Gasteiger partial charge < -0.3 is 10.1 Å². The van der Waals surface area contributed by atoms with Crippen LogP contribution in [0.15, 0.2) is 170 Å². The molecule has 0 saturated heterocycles. The fraction of sp³-hybridized carbons (Fsp3) is 0.0217. The maximum atomic E-state index is 6.67. The van der Waals surface area contributed by atoms with Crippen LogP contribution in [0.2, 0.25) is 0 Å². The van der Waals surface area contributed by atoms with Crippen molar-refractivity contribution in [1.82, 2.24) is 15.0 Å². The minimum Gasteiger partial charge on any atom is -0.464 e. The van der Waals surface area contributed by atoms with Gasteiger partial charge in [-0.2, -0.15) is 0 Å². The standard InChI is InChI=1S/C46H30N4O/c1-3-12-31(13-4-1)43-48-44(50-45(49-43)36-24-21-29-11-7-8-16-34(29)27-36)32-22-19-30(20-23-32)35-25-26-38-37-17-9-10-18-39(37)41-42(40(38)28-35)51-46(47-41)33-14-5-2-6-15-33/h1-28,46-47H. The summed E-state index contributed by atoms with van der Waals surface area (Å²) in [7, 11) is 0. The van der Waals surface area contributed by atoms with Crippen LogP contribution < -0.4 is 10.1 Å². The minimum absolute atomic E-state index is 0.251. The number of nitrogens with one attached hydrogen (secondary N) is 1. The van der Waals surface area contributed by atoms with Gasteiger partial charge in [-0.15, -0.1) is 0 Å². The summed E-state index contributed by atoms with van der Waals surface area (Å²) in [6.45, 7) is 0. The van der Waals surface area contributed by atoms with Gasteiger partial charge in [0.25, 0.3) is 0 Å². The number of hydrogen-bond donors (Lipinski definition) is 1. The Morgan fingerprint density at radius 1 is 0.392 bits per heavy atom. The lowest BCUT2D eigenvalue weighted by Gasteiger charge is -2.12. The summed E-state index contributed by atoms with van der Waals surface area (Å²) in [6.07, 6.45) is -0.251. The third-order valence-corrected chi connectivity index (χ3v) is 9.74. The second kappa shape index (κ2) is 11.9. The van der Waals surface area contributed by atoms with E-state index in [9.17, 15) is 0 Å². The number of ether oxygens (including phenoxy) is 1. The van der Waals surface area contributed by atoms with Crippen molar-refractivity contribution in [1.29, 1.82) is 0 Å². The van der Waals surface area contributed by atoms with Crippen LogP contribution in [0.25, 0.3) is 77.6 Å². The molecular weight excluding hydrogens is 625 g/mol. The molecule has 1 aromatic heterocycles. The zero-order valence-electron chi connectivity index (χ0n) is 27.5. The molecular formula is C46H30N4O. The van der Waals surface area contributed by atoms with Gasteiger partial charge in [0.1, 0.15) is 0 Å². The van der Waals surface area contributed by atoms with Gasteiger partial charge in [0.05, 0.1) is 5.69 Å². The fourth-order valence-corrected chi connectivity index (χ4v) is 7.15. The predicted molar refractivity (Wildman–Crippen MR) is 208 cm³/mol. The summed E-state index contributed by atoms with van der Waals surface area (Å²) in [6, 6.07) is 58.8. The number of fused-ring (bicyclic) bond motifs is 7. The first-order valence-corrected chi connectivity index (χ1v) is 17.1. The predicted octanol–water partition coefficient (Wildman–Crippen LogP) is 11.5. The number of nitrogens with zero attached hydrogens (tertiary/aromatic N) is 3.